The summed E-state index contributed by atoms with van der Waals surface area (Å²) in [4.78, 5) is 37.7. The molecule has 0 saturated heterocycles. The number of nitrogens with zero attached hydrogens (tertiary/aromatic N) is 1. The van der Waals surface area contributed by atoms with Crippen LogP contribution in [-0.4, -0.2) is 74.3 Å². The molecule has 0 rings (SSSR count). The highest BCUT2D eigenvalue weighted by Gasteiger charge is 2.30. The average Bonchev–Trinajstić information content (AvgIpc) is 3.37. The predicted molar refractivity (Wildman–Crippen MR) is 323 cm³/mol. The Balaban J connectivity index is 5.42. The summed E-state index contributed by atoms with van der Waals surface area (Å²) in [6.07, 6.45) is 73.7. The number of phosphoric ester groups is 1. The maximum Gasteiger partial charge on any atom is 0.472 e. The van der Waals surface area contributed by atoms with E-state index in [2.05, 4.69) is 123 Å². The number of amides is 1. The van der Waals surface area contributed by atoms with Gasteiger partial charge in [0.15, 0.2) is 0 Å². The zero-order chi connectivity index (χ0) is 55.0. The third kappa shape index (κ3) is 55.2. The Bertz CT molecular complexity index is 1650. The van der Waals surface area contributed by atoms with Crippen LogP contribution >= 0.6 is 7.82 Å². The van der Waals surface area contributed by atoms with E-state index < -0.39 is 20.0 Å². The molecule has 0 aliphatic rings. The number of quaternary nitrogens is 1. The van der Waals surface area contributed by atoms with E-state index in [9.17, 15) is 19.0 Å². The van der Waals surface area contributed by atoms with Crippen molar-refractivity contribution in [1.82, 2.24) is 5.32 Å². The lowest BCUT2D eigenvalue weighted by atomic mass is 10.0. The van der Waals surface area contributed by atoms with Gasteiger partial charge in [-0.25, -0.2) is 4.57 Å². The topological polar surface area (TPSA) is 111 Å². The zero-order valence-corrected chi connectivity index (χ0v) is 49.9. The molecule has 9 nitrogen and oxygen atoms in total. The summed E-state index contributed by atoms with van der Waals surface area (Å²) in [5.74, 6) is -0.575. The minimum absolute atomic E-state index is 0.0252. The van der Waals surface area contributed by atoms with Gasteiger partial charge >= 0.3 is 13.8 Å². The number of allylic oxidation sites excluding steroid dienone is 17. The number of hydrogen-bond acceptors (Lipinski definition) is 6. The summed E-state index contributed by atoms with van der Waals surface area (Å²) in [5, 5.41) is 3.03. The predicted octanol–water partition coefficient (Wildman–Crippen LogP) is 18.6. The number of likely N-dealkylation sites (N-methyl/N-ethyl adjacent to an activating group) is 1. The minimum atomic E-state index is -4.47. The van der Waals surface area contributed by atoms with Crippen molar-refractivity contribution in [3.63, 3.8) is 0 Å². The molecule has 0 radical (unpaired) electrons. The first-order valence-electron chi connectivity index (χ1n) is 30.2. The van der Waals surface area contributed by atoms with Crippen molar-refractivity contribution in [3.8, 4) is 0 Å². The zero-order valence-electron chi connectivity index (χ0n) is 49.0. The molecule has 10 heteroatoms. The number of phosphoric acid groups is 1. The highest BCUT2D eigenvalue weighted by molar-refractivity contribution is 7.47. The van der Waals surface area contributed by atoms with E-state index in [1.54, 1.807) is 0 Å². The first-order valence-corrected chi connectivity index (χ1v) is 31.7. The van der Waals surface area contributed by atoms with Gasteiger partial charge in [-0.1, -0.05) is 227 Å². The number of rotatable bonds is 53. The van der Waals surface area contributed by atoms with E-state index in [-0.39, 0.29) is 31.5 Å². The first-order chi connectivity index (χ1) is 36.4. The van der Waals surface area contributed by atoms with Gasteiger partial charge in [0, 0.05) is 12.8 Å². The normalized spacial score (nSPS) is 14.5. The van der Waals surface area contributed by atoms with E-state index in [1.165, 1.54) is 77.0 Å². The van der Waals surface area contributed by atoms with Crippen molar-refractivity contribution in [1.29, 1.82) is 0 Å². The second-order valence-corrected chi connectivity index (χ2v) is 22.6. The van der Waals surface area contributed by atoms with Crippen LogP contribution in [0.3, 0.4) is 0 Å². The van der Waals surface area contributed by atoms with Gasteiger partial charge in [0.25, 0.3) is 0 Å². The van der Waals surface area contributed by atoms with Crippen molar-refractivity contribution in [2.24, 2.45) is 0 Å². The lowest BCUT2D eigenvalue weighted by Gasteiger charge is -2.27. The molecule has 3 unspecified atom stereocenters. The van der Waals surface area contributed by atoms with Gasteiger partial charge in [-0.05, 0) is 109 Å². The van der Waals surface area contributed by atoms with Gasteiger partial charge in [-0.15, -0.1) is 0 Å². The lowest BCUT2D eigenvalue weighted by Crippen LogP contribution is -2.47. The number of carbonyl (C=O) groups is 2. The number of carbonyl (C=O) groups excluding carboxylic acids is 2. The molecule has 0 aromatic rings. The third-order valence-electron chi connectivity index (χ3n) is 12.7. The monoisotopic (exact) mass is 1070 g/mol. The number of nitrogens with one attached hydrogen (secondary N) is 1. The maximum atomic E-state index is 13.5. The Hall–Kier alpha value is -3.33. The summed E-state index contributed by atoms with van der Waals surface area (Å²) in [6.45, 7) is 6.82. The van der Waals surface area contributed by atoms with Crippen molar-refractivity contribution in [2.75, 3.05) is 40.9 Å². The Morgan fingerprint density at radius 3 is 1.40 bits per heavy atom. The van der Waals surface area contributed by atoms with Crippen LogP contribution in [0.5, 0.6) is 0 Å². The molecule has 1 amide bonds. The molecule has 0 saturated carbocycles. The molecule has 0 aliphatic heterocycles. The molecule has 0 spiro atoms. The van der Waals surface area contributed by atoms with E-state index in [1.807, 2.05) is 33.3 Å². The fourth-order valence-electron chi connectivity index (χ4n) is 8.05. The largest absolute Gasteiger partial charge is 0.472 e. The molecule has 3 atom stereocenters. The Kier molecular flexibility index (Phi) is 51.6. The number of unbranched alkanes of at least 4 members (excludes halogenated alkanes) is 22. The van der Waals surface area contributed by atoms with Gasteiger partial charge in [-0.2, -0.15) is 0 Å². The summed E-state index contributed by atoms with van der Waals surface area (Å²) >= 11 is 0. The SMILES string of the molecule is CC/C=C\C/C=C\C/C=C\C/C=C\C/C=C\C/C=C\CCCCC(=O)OC(/C=C\CCCCCCCCCCCCC)C(COP(=O)(O)OCC[N+](C)(C)C)NC(=O)CCCCCCCC/C=C/C=C/CCCCC. The standard InChI is InChI=1S/C65H113N2O7P/c1-7-10-13-16-19-22-25-28-30-31-32-33-34-35-37-40-43-46-49-52-55-58-65(69)74-63(56-53-50-47-44-41-38-27-24-21-18-15-12-9-3)62(61-73-75(70,71)72-60-59-67(4,5)6)66-64(68)57-54-51-48-45-42-39-36-29-26-23-20-17-14-11-8-2/h10,13,19-20,22-23,26,28-30,32-33,35,37,43,46,53,56,62-63H,7-9,11-12,14-18,21,24-25,27,31,34,36,38-42,44-45,47-52,54-55,57-61H2,1-6H3,(H-,66,68,70,71)/p+1/b13-10-,22-19-,23-20+,29-26+,30-28-,33-32-,37-35-,46-43-,56-53-. The average molecular weight is 1070 g/mol. The highest BCUT2D eigenvalue weighted by atomic mass is 31.2. The van der Waals surface area contributed by atoms with Crippen LogP contribution in [0.4, 0.5) is 0 Å². The van der Waals surface area contributed by atoms with Crippen molar-refractivity contribution >= 4 is 19.7 Å². The fourth-order valence-corrected chi connectivity index (χ4v) is 8.79. The minimum Gasteiger partial charge on any atom is -0.456 e. The van der Waals surface area contributed by atoms with Crippen molar-refractivity contribution in [2.45, 2.75) is 251 Å². The first kappa shape index (κ1) is 71.7. The van der Waals surface area contributed by atoms with Crippen molar-refractivity contribution in [3.05, 3.63) is 109 Å². The Labute approximate surface area is 461 Å². The lowest BCUT2D eigenvalue weighted by molar-refractivity contribution is -0.870. The van der Waals surface area contributed by atoms with Crippen LogP contribution in [0.2, 0.25) is 0 Å². The summed E-state index contributed by atoms with van der Waals surface area (Å²) in [7, 11) is 1.45. The number of ether oxygens (including phenoxy) is 1. The van der Waals surface area contributed by atoms with Gasteiger partial charge in [0.05, 0.1) is 33.8 Å². The number of esters is 1. The second-order valence-electron chi connectivity index (χ2n) is 21.2. The van der Waals surface area contributed by atoms with Crippen LogP contribution in [0, 0.1) is 0 Å². The summed E-state index contributed by atoms with van der Waals surface area (Å²) < 4.78 is 30.6. The summed E-state index contributed by atoms with van der Waals surface area (Å²) in [5.41, 5.74) is 0. The quantitative estimate of drug-likeness (QED) is 0.0156. The highest BCUT2D eigenvalue weighted by Crippen LogP contribution is 2.43. The Morgan fingerprint density at radius 2 is 0.893 bits per heavy atom. The third-order valence-corrected chi connectivity index (χ3v) is 13.7. The van der Waals surface area contributed by atoms with Gasteiger partial charge < -0.3 is 19.4 Å². The molecular weight excluding hydrogens is 952 g/mol. The van der Waals surface area contributed by atoms with Crippen LogP contribution in [0.1, 0.15) is 239 Å². The van der Waals surface area contributed by atoms with E-state index in [0.29, 0.717) is 23.9 Å². The molecule has 0 fully saturated rings. The Morgan fingerprint density at radius 1 is 0.493 bits per heavy atom. The van der Waals surface area contributed by atoms with Gasteiger partial charge in [-0.3, -0.25) is 18.6 Å². The molecule has 0 heterocycles. The fraction of sp³-hybridized carbons (Fsp3) is 0.692. The van der Waals surface area contributed by atoms with Gasteiger partial charge in [0.2, 0.25) is 5.91 Å². The summed E-state index contributed by atoms with van der Waals surface area (Å²) in [6, 6.07) is -0.879. The number of hydrogen-bond donors (Lipinski definition) is 2. The van der Waals surface area contributed by atoms with Crippen LogP contribution in [-0.2, 0) is 27.9 Å². The molecular formula is C65H114N2O7P+. The molecule has 0 bridgehead atoms. The molecule has 0 aliphatic carbocycles. The molecule has 0 aromatic heterocycles. The molecule has 0 aromatic carbocycles. The van der Waals surface area contributed by atoms with Crippen LogP contribution < -0.4 is 5.32 Å². The molecule has 75 heavy (non-hydrogen) atoms. The molecule has 430 valence electrons. The molecule has 2 N–H and O–H groups in total. The van der Waals surface area contributed by atoms with E-state index >= 15 is 0 Å². The smallest absolute Gasteiger partial charge is 0.456 e. The maximum absolute atomic E-state index is 13.5. The van der Waals surface area contributed by atoms with E-state index in [0.717, 1.165) is 122 Å². The van der Waals surface area contributed by atoms with Crippen molar-refractivity contribution < 1.29 is 37.3 Å². The van der Waals surface area contributed by atoms with Gasteiger partial charge in [0.1, 0.15) is 19.3 Å². The van der Waals surface area contributed by atoms with Crippen LogP contribution in [0.15, 0.2) is 109 Å². The second kappa shape index (κ2) is 54.0. The van der Waals surface area contributed by atoms with E-state index in [4.69, 9.17) is 13.8 Å². The van der Waals surface area contributed by atoms with Crippen LogP contribution in [0.25, 0.3) is 0 Å².